The molecule has 116 valence electrons. The van der Waals surface area contributed by atoms with E-state index in [0.29, 0.717) is 11.5 Å². The maximum absolute atomic E-state index is 8.53. The fourth-order valence-corrected chi connectivity index (χ4v) is 2.33. The van der Waals surface area contributed by atoms with Crippen LogP contribution in [0.5, 0.6) is 11.5 Å². The van der Waals surface area contributed by atoms with Gasteiger partial charge >= 0.3 is 0 Å². The molecule has 0 aromatic heterocycles. The normalized spacial score (nSPS) is 10.4. The lowest BCUT2D eigenvalue weighted by Gasteiger charge is -2.26. The zero-order chi connectivity index (χ0) is 16.7. The Morgan fingerprint density at radius 3 is 1.39 bits per heavy atom. The smallest absolute Gasteiger partial charge is 0.174 e. The average molecular weight is 306 g/mol. The molecule has 0 bridgehead atoms. The van der Waals surface area contributed by atoms with Gasteiger partial charge in [0.25, 0.3) is 0 Å². The van der Waals surface area contributed by atoms with E-state index in [9.17, 15) is 0 Å². The maximum atomic E-state index is 8.53. The van der Waals surface area contributed by atoms with Crippen LogP contribution in [0.25, 0.3) is 0 Å². The highest BCUT2D eigenvalue weighted by atomic mass is 16.5. The molecule has 0 heterocycles. The van der Waals surface area contributed by atoms with Gasteiger partial charge in [-0.25, -0.2) is 0 Å². The first-order valence-corrected chi connectivity index (χ1v) is 7.28. The fraction of sp³-hybridized carbons (Fsp3) is 0.263. The Kier molecular flexibility index (Phi) is 5.23. The first-order valence-electron chi connectivity index (χ1n) is 7.28. The van der Waals surface area contributed by atoms with Crippen LogP contribution >= 0.6 is 0 Å². The summed E-state index contributed by atoms with van der Waals surface area (Å²) in [6.07, 6.45) is 0. The largest absolute Gasteiger partial charge is 0.479 e. The van der Waals surface area contributed by atoms with Gasteiger partial charge in [-0.1, -0.05) is 38.1 Å². The summed E-state index contributed by atoms with van der Waals surface area (Å²) in [5, 5.41) is 17.1. The number of hydrogen-bond acceptors (Lipinski definition) is 4. The van der Waals surface area contributed by atoms with Gasteiger partial charge in [0.2, 0.25) is 0 Å². The highest BCUT2D eigenvalue weighted by molar-refractivity contribution is 5.41. The van der Waals surface area contributed by atoms with Gasteiger partial charge in [-0.2, -0.15) is 10.5 Å². The quantitative estimate of drug-likeness (QED) is 0.813. The Labute approximate surface area is 136 Å². The summed E-state index contributed by atoms with van der Waals surface area (Å²) in [6, 6.07) is 19.4. The number of benzene rings is 2. The summed E-state index contributed by atoms with van der Waals surface area (Å²) in [5.41, 5.74) is 2.11. The molecule has 4 heteroatoms. The van der Waals surface area contributed by atoms with Crippen molar-refractivity contribution < 1.29 is 9.47 Å². The Morgan fingerprint density at radius 1 is 0.739 bits per heavy atom. The van der Waals surface area contributed by atoms with Gasteiger partial charge in [0, 0.05) is 5.41 Å². The van der Waals surface area contributed by atoms with Gasteiger partial charge in [0.1, 0.15) is 23.6 Å². The van der Waals surface area contributed by atoms with E-state index < -0.39 is 0 Å². The fourth-order valence-electron chi connectivity index (χ4n) is 2.33. The van der Waals surface area contributed by atoms with Crippen molar-refractivity contribution in [3.8, 4) is 23.6 Å². The number of nitriles is 2. The van der Waals surface area contributed by atoms with Crippen molar-refractivity contribution in [1.29, 1.82) is 10.5 Å². The number of hydrogen-bond donors (Lipinski definition) is 0. The number of nitrogens with zero attached hydrogens (tertiary/aromatic N) is 2. The maximum Gasteiger partial charge on any atom is 0.174 e. The van der Waals surface area contributed by atoms with Crippen LogP contribution in [0.3, 0.4) is 0 Å². The van der Waals surface area contributed by atoms with E-state index in [2.05, 4.69) is 13.8 Å². The van der Waals surface area contributed by atoms with Crippen LogP contribution in [0.2, 0.25) is 0 Å². The molecule has 0 fully saturated rings. The summed E-state index contributed by atoms with van der Waals surface area (Å²) >= 11 is 0. The molecule has 0 saturated carbocycles. The molecule has 0 atom stereocenters. The second-order valence-electron chi connectivity index (χ2n) is 5.57. The molecular formula is C19H18N2O2. The van der Waals surface area contributed by atoms with E-state index in [-0.39, 0.29) is 18.6 Å². The van der Waals surface area contributed by atoms with Gasteiger partial charge in [-0.3, -0.25) is 0 Å². The number of rotatable bonds is 6. The summed E-state index contributed by atoms with van der Waals surface area (Å²) in [5.74, 6) is 1.37. The lowest BCUT2D eigenvalue weighted by atomic mass is 9.78. The Balaban J connectivity index is 2.17. The topological polar surface area (TPSA) is 66.0 Å². The SMILES string of the molecule is CC(C)(c1ccc(OCC#N)cc1)c1ccc(OCC#N)cc1. The molecular weight excluding hydrogens is 288 g/mol. The highest BCUT2D eigenvalue weighted by Crippen LogP contribution is 2.33. The van der Waals surface area contributed by atoms with Crippen molar-refractivity contribution in [2.45, 2.75) is 19.3 Å². The molecule has 2 aromatic carbocycles. The van der Waals surface area contributed by atoms with Gasteiger partial charge in [0.15, 0.2) is 13.2 Å². The van der Waals surface area contributed by atoms with Crippen molar-refractivity contribution in [2.75, 3.05) is 13.2 Å². The minimum atomic E-state index is -0.179. The molecule has 0 amide bonds. The second-order valence-corrected chi connectivity index (χ2v) is 5.57. The zero-order valence-corrected chi connectivity index (χ0v) is 13.2. The molecule has 0 N–H and O–H groups in total. The standard InChI is InChI=1S/C19H18N2O2/c1-19(2,15-3-7-17(8-4-15)22-13-11-20)16-5-9-18(10-6-16)23-14-12-21/h3-10H,13-14H2,1-2H3. The van der Waals surface area contributed by atoms with Gasteiger partial charge < -0.3 is 9.47 Å². The lowest BCUT2D eigenvalue weighted by molar-refractivity contribution is 0.367. The van der Waals surface area contributed by atoms with Crippen molar-refractivity contribution in [2.24, 2.45) is 0 Å². The molecule has 0 aliphatic heterocycles. The van der Waals surface area contributed by atoms with Crippen LogP contribution in [0.1, 0.15) is 25.0 Å². The monoisotopic (exact) mass is 306 g/mol. The predicted octanol–water partition coefficient (Wildman–Crippen LogP) is 3.82. The molecule has 2 aromatic rings. The summed E-state index contributed by atoms with van der Waals surface area (Å²) in [6.45, 7) is 4.38. The van der Waals surface area contributed by atoms with E-state index >= 15 is 0 Å². The van der Waals surface area contributed by atoms with E-state index in [4.69, 9.17) is 20.0 Å². The van der Waals surface area contributed by atoms with Gasteiger partial charge in [0.05, 0.1) is 0 Å². The minimum Gasteiger partial charge on any atom is -0.479 e. The third-order valence-electron chi connectivity index (χ3n) is 3.76. The molecule has 0 radical (unpaired) electrons. The predicted molar refractivity (Wildman–Crippen MR) is 87.2 cm³/mol. The van der Waals surface area contributed by atoms with Crippen LogP contribution in [0, 0.1) is 22.7 Å². The van der Waals surface area contributed by atoms with E-state index in [1.807, 2.05) is 60.7 Å². The van der Waals surface area contributed by atoms with Crippen LogP contribution in [0.15, 0.2) is 48.5 Å². The van der Waals surface area contributed by atoms with Crippen LogP contribution in [0.4, 0.5) is 0 Å². The van der Waals surface area contributed by atoms with Crippen molar-refractivity contribution in [3.05, 3.63) is 59.7 Å². The minimum absolute atomic E-state index is 0.0485. The Morgan fingerprint density at radius 2 is 1.09 bits per heavy atom. The van der Waals surface area contributed by atoms with E-state index in [1.54, 1.807) is 0 Å². The Hall–Kier alpha value is -2.98. The molecule has 0 aliphatic carbocycles. The van der Waals surface area contributed by atoms with Crippen LogP contribution in [-0.4, -0.2) is 13.2 Å². The van der Waals surface area contributed by atoms with Crippen molar-refractivity contribution in [3.63, 3.8) is 0 Å². The third-order valence-corrected chi connectivity index (χ3v) is 3.76. The van der Waals surface area contributed by atoms with Crippen LogP contribution in [-0.2, 0) is 5.41 Å². The highest BCUT2D eigenvalue weighted by Gasteiger charge is 2.23. The van der Waals surface area contributed by atoms with Gasteiger partial charge in [-0.05, 0) is 35.4 Å². The third kappa shape index (κ3) is 4.02. The summed E-state index contributed by atoms with van der Waals surface area (Å²) in [4.78, 5) is 0. The molecule has 0 spiro atoms. The molecule has 23 heavy (non-hydrogen) atoms. The molecule has 0 aliphatic rings. The molecule has 0 saturated heterocycles. The summed E-state index contributed by atoms with van der Waals surface area (Å²) in [7, 11) is 0. The first-order chi connectivity index (χ1) is 11.1. The molecule has 4 nitrogen and oxygen atoms in total. The second kappa shape index (κ2) is 7.33. The van der Waals surface area contributed by atoms with E-state index in [0.717, 1.165) is 11.1 Å². The average Bonchev–Trinajstić information content (AvgIpc) is 2.59. The lowest BCUT2D eigenvalue weighted by Crippen LogP contribution is -2.18. The molecule has 0 unspecified atom stereocenters. The van der Waals surface area contributed by atoms with E-state index in [1.165, 1.54) is 0 Å². The van der Waals surface area contributed by atoms with Crippen molar-refractivity contribution >= 4 is 0 Å². The Bertz CT molecular complexity index is 656. The molecule has 2 rings (SSSR count). The van der Waals surface area contributed by atoms with Crippen molar-refractivity contribution in [1.82, 2.24) is 0 Å². The van der Waals surface area contributed by atoms with Crippen LogP contribution < -0.4 is 9.47 Å². The summed E-state index contributed by atoms with van der Waals surface area (Å²) < 4.78 is 10.6. The zero-order valence-electron chi connectivity index (χ0n) is 13.2. The number of ether oxygens (including phenoxy) is 2. The first kappa shape index (κ1) is 16.4. The van der Waals surface area contributed by atoms with Gasteiger partial charge in [-0.15, -0.1) is 0 Å².